The molecule has 1 aromatic carbocycles. The summed E-state index contributed by atoms with van der Waals surface area (Å²) in [6.45, 7) is 4.15. The normalized spacial score (nSPS) is 18.3. The van der Waals surface area contributed by atoms with Crippen LogP contribution in [0, 0.1) is 0 Å². The van der Waals surface area contributed by atoms with Crippen molar-refractivity contribution >= 4 is 15.6 Å². The molecule has 1 aliphatic rings. The Balaban J connectivity index is 2.41. The van der Waals surface area contributed by atoms with Gasteiger partial charge in [-0.2, -0.15) is 0 Å². The van der Waals surface area contributed by atoms with E-state index in [9.17, 15) is 4.21 Å². The van der Waals surface area contributed by atoms with Crippen molar-refractivity contribution in [3.63, 3.8) is 0 Å². The summed E-state index contributed by atoms with van der Waals surface area (Å²) in [5.41, 5.74) is 6.43. The van der Waals surface area contributed by atoms with Crippen LogP contribution in [-0.2, 0) is 9.92 Å². The highest BCUT2D eigenvalue weighted by Crippen LogP contribution is 2.25. The van der Waals surface area contributed by atoms with E-state index in [1.54, 1.807) is 12.1 Å². The van der Waals surface area contributed by atoms with Gasteiger partial charge in [0.25, 0.3) is 0 Å². The molecule has 1 unspecified atom stereocenters. The van der Waals surface area contributed by atoms with Crippen LogP contribution in [-0.4, -0.2) is 16.3 Å². The lowest BCUT2D eigenvalue weighted by Crippen LogP contribution is -2.27. The van der Waals surface area contributed by atoms with Crippen molar-refractivity contribution in [1.82, 2.24) is 4.72 Å². The molecule has 4 nitrogen and oxygen atoms in total. The van der Waals surface area contributed by atoms with Crippen LogP contribution in [0.25, 0.3) is 0 Å². The van der Waals surface area contributed by atoms with Crippen LogP contribution in [0.1, 0.15) is 39.5 Å². The van der Waals surface area contributed by atoms with Gasteiger partial charge >= 0.3 is 0 Å². The van der Waals surface area contributed by atoms with Crippen LogP contribution in [0.5, 0.6) is 0 Å². The highest BCUT2D eigenvalue weighted by atomic mass is 32.2. The predicted molar refractivity (Wildman–Crippen MR) is 80.2 cm³/mol. The topological polar surface area (TPSA) is 67.5 Å². The monoisotopic (exact) mass is 281 g/mol. The average Bonchev–Trinajstić information content (AvgIpc) is 3.20. The van der Waals surface area contributed by atoms with Gasteiger partial charge in [-0.3, -0.25) is 0 Å². The Morgan fingerprint density at radius 3 is 2.63 bits per heavy atom. The second-order valence-electron chi connectivity index (χ2n) is 5.07. The Hall–Kier alpha value is -1.07. The van der Waals surface area contributed by atoms with E-state index in [0.29, 0.717) is 16.6 Å². The first-order valence-electron chi connectivity index (χ1n) is 6.96. The molecule has 3 N–H and O–H groups in total. The van der Waals surface area contributed by atoms with Crippen molar-refractivity contribution in [2.45, 2.75) is 56.5 Å². The molecule has 5 heteroatoms. The summed E-state index contributed by atoms with van der Waals surface area (Å²) in [5, 5.41) is 0. The molecule has 0 aromatic heterocycles. The predicted octanol–water partition coefficient (Wildman–Crippen LogP) is 2.95. The van der Waals surface area contributed by atoms with Crippen LogP contribution < -0.4 is 10.5 Å². The van der Waals surface area contributed by atoms with Gasteiger partial charge in [0.2, 0.25) is 0 Å². The minimum Gasteiger partial charge on any atom is -0.399 e. The lowest BCUT2D eigenvalue weighted by molar-refractivity contribution is 0.615. The van der Waals surface area contributed by atoms with E-state index in [1.165, 1.54) is 0 Å². The summed E-state index contributed by atoms with van der Waals surface area (Å²) in [5.74, 6) is 0. The number of benzene rings is 1. The van der Waals surface area contributed by atoms with Gasteiger partial charge in [-0.15, -0.1) is 0 Å². The molecule has 0 aliphatic heterocycles. The Morgan fingerprint density at radius 1 is 1.42 bits per heavy atom. The first-order chi connectivity index (χ1) is 9.07. The molecule has 0 amide bonds. The maximum absolute atomic E-state index is 13.2. The number of rotatable bonds is 6. The first-order valence-corrected chi connectivity index (χ1v) is 8.48. The molecule has 1 aromatic rings. The van der Waals surface area contributed by atoms with Gasteiger partial charge in [0, 0.05) is 11.7 Å². The Kier molecular flexibility index (Phi) is 4.47. The zero-order valence-corrected chi connectivity index (χ0v) is 12.5. The number of nitrogens with one attached hydrogen (secondary N) is 1. The number of nitrogens with two attached hydrogens (primary N) is 1. The van der Waals surface area contributed by atoms with Crippen LogP contribution in [0.4, 0.5) is 5.69 Å². The lowest BCUT2D eigenvalue weighted by atomic mass is 10.2. The fourth-order valence-corrected chi connectivity index (χ4v) is 4.20. The Morgan fingerprint density at radius 2 is 2.11 bits per heavy atom. The third kappa shape index (κ3) is 3.70. The molecule has 1 aliphatic carbocycles. The summed E-state index contributed by atoms with van der Waals surface area (Å²) in [6, 6.07) is 7.72. The van der Waals surface area contributed by atoms with Crippen molar-refractivity contribution < 1.29 is 4.21 Å². The molecule has 1 saturated carbocycles. The lowest BCUT2D eigenvalue weighted by Gasteiger charge is -2.16. The highest BCUT2D eigenvalue weighted by Gasteiger charge is 2.27. The van der Waals surface area contributed by atoms with E-state index < -0.39 is 9.92 Å². The van der Waals surface area contributed by atoms with Gasteiger partial charge in [-0.25, -0.2) is 13.3 Å². The van der Waals surface area contributed by atoms with Crippen LogP contribution in [0.2, 0.25) is 0 Å². The summed E-state index contributed by atoms with van der Waals surface area (Å²) >= 11 is 0. The minimum absolute atomic E-state index is 0.125. The van der Waals surface area contributed by atoms with Gasteiger partial charge < -0.3 is 5.73 Å². The molecule has 1 fully saturated rings. The van der Waals surface area contributed by atoms with E-state index in [2.05, 4.69) is 22.9 Å². The molecule has 0 bridgehead atoms. The summed E-state index contributed by atoms with van der Waals surface area (Å²) < 4.78 is 21.0. The van der Waals surface area contributed by atoms with Gasteiger partial charge in [0.05, 0.1) is 10.9 Å². The molecule has 0 heterocycles. The number of anilines is 1. The molecule has 0 saturated heterocycles. The first kappa shape index (κ1) is 14.3. The fourth-order valence-electron chi connectivity index (χ4n) is 1.92. The number of hydrogen-bond donors (Lipinski definition) is 2. The molecular weight excluding hydrogens is 258 g/mol. The van der Waals surface area contributed by atoms with Gasteiger partial charge in [-0.1, -0.05) is 19.9 Å². The molecule has 1 atom stereocenters. The van der Waals surface area contributed by atoms with Crippen molar-refractivity contribution in [2.75, 3.05) is 5.73 Å². The molecule has 106 valence electrons. The average molecular weight is 281 g/mol. The fraction of sp³-hybridized carbons (Fsp3) is 0.571. The molecular formula is C14H23N3OS. The SMILES string of the molecule is CCC(CC)N=S(=O)(NC1CC1)c1cccc(N)c1. The zero-order valence-electron chi connectivity index (χ0n) is 11.6. The van der Waals surface area contributed by atoms with Gasteiger partial charge in [0.15, 0.2) is 0 Å². The minimum atomic E-state index is -2.56. The summed E-state index contributed by atoms with van der Waals surface area (Å²) in [4.78, 5) is 0.700. The molecule has 19 heavy (non-hydrogen) atoms. The second-order valence-corrected chi connectivity index (χ2v) is 7.04. The van der Waals surface area contributed by atoms with E-state index in [4.69, 9.17) is 5.73 Å². The van der Waals surface area contributed by atoms with Crippen LogP contribution >= 0.6 is 0 Å². The smallest absolute Gasteiger partial charge is 0.137 e. The molecule has 0 radical (unpaired) electrons. The second kappa shape index (κ2) is 5.92. The zero-order chi connectivity index (χ0) is 13.9. The number of nitrogens with zero attached hydrogens (tertiary/aromatic N) is 1. The van der Waals surface area contributed by atoms with E-state index in [-0.39, 0.29) is 6.04 Å². The Labute approximate surface area is 116 Å². The summed E-state index contributed by atoms with van der Waals surface area (Å²) in [6.07, 6.45) is 3.97. The summed E-state index contributed by atoms with van der Waals surface area (Å²) in [7, 11) is -2.56. The maximum atomic E-state index is 13.2. The third-order valence-corrected chi connectivity index (χ3v) is 5.46. The maximum Gasteiger partial charge on any atom is 0.137 e. The van der Waals surface area contributed by atoms with Crippen LogP contribution in [0.3, 0.4) is 0 Å². The molecule has 2 rings (SSSR count). The van der Waals surface area contributed by atoms with Gasteiger partial charge in [0.1, 0.15) is 9.92 Å². The largest absolute Gasteiger partial charge is 0.399 e. The molecule has 0 spiro atoms. The van der Waals surface area contributed by atoms with Crippen LogP contribution in [0.15, 0.2) is 33.5 Å². The third-order valence-electron chi connectivity index (χ3n) is 3.32. The number of hydrogen-bond acceptors (Lipinski definition) is 3. The number of nitrogen functional groups attached to an aromatic ring is 1. The van der Waals surface area contributed by atoms with Gasteiger partial charge in [-0.05, 0) is 43.9 Å². The standard InChI is InChI=1S/C14H23N3OS/c1-3-12(4-2)16-19(18,17-13-8-9-13)14-7-5-6-11(15)10-14/h5-7,10,12-13H,3-4,8-9,15H2,1-2H3,(H,16,17,18). The van der Waals surface area contributed by atoms with E-state index >= 15 is 0 Å². The van der Waals surface area contributed by atoms with Crippen molar-refractivity contribution in [3.05, 3.63) is 24.3 Å². The van der Waals surface area contributed by atoms with Crippen molar-refractivity contribution in [2.24, 2.45) is 4.36 Å². The van der Waals surface area contributed by atoms with Crippen molar-refractivity contribution in [3.8, 4) is 0 Å². The van der Waals surface area contributed by atoms with E-state index in [1.807, 2.05) is 12.1 Å². The Bertz CT molecular complexity index is 541. The highest BCUT2D eigenvalue weighted by molar-refractivity contribution is 7.91. The quantitative estimate of drug-likeness (QED) is 0.787. The van der Waals surface area contributed by atoms with Crippen molar-refractivity contribution in [1.29, 1.82) is 0 Å². The van der Waals surface area contributed by atoms with E-state index in [0.717, 1.165) is 25.7 Å².